The summed E-state index contributed by atoms with van der Waals surface area (Å²) in [5, 5.41) is 41.8. The molecule has 2 bridgehead atoms. The van der Waals surface area contributed by atoms with E-state index >= 15 is 9.59 Å². The summed E-state index contributed by atoms with van der Waals surface area (Å²) in [7, 11) is 0. The molecule has 4 aromatic carbocycles. The Balaban J connectivity index is 1.22. The number of carbonyl (C=O) groups is 6. The summed E-state index contributed by atoms with van der Waals surface area (Å²) in [4.78, 5) is 90.9. The van der Waals surface area contributed by atoms with Crippen LogP contribution >= 0.6 is 0 Å². The van der Waals surface area contributed by atoms with E-state index in [0.29, 0.717) is 0 Å². The van der Waals surface area contributed by atoms with Crippen LogP contribution in [-0.4, -0.2) is 121 Å². The fourth-order valence-electron chi connectivity index (χ4n) is 12.9. The first kappa shape index (κ1) is 56.2. The summed E-state index contributed by atoms with van der Waals surface area (Å²) in [6.07, 6.45) is -9.29. The van der Waals surface area contributed by atoms with E-state index in [2.05, 4.69) is 10.3 Å². The lowest BCUT2D eigenvalue weighted by Gasteiger charge is -2.67. The van der Waals surface area contributed by atoms with Crippen LogP contribution in [0.2, 0.25) is 0 Å². The average molecular weight is 1080 g/mol. The van der Waals surface area contributed by atoms with Gasteiger partial charge in [0.2, 0.25) is 0 Å². The number of aliphatic hydroxyl groups is 3. The van der Waals surface area contributed by atoms with E-state index in [4.69, 9.17) is 28.4 Å². The van der Waals surface area contributed by atoms with Crippen molar-refractivity contribution in [3.05, 3.63) is 173 Å². The van der Waals surface area contributed by atoms with E-state index in [1.807, 2.05) is 91.0 Å². The number of rotatable bonds is 13. The molecular weight excluding hydrogens is 1010 g/mol. The summed E-state index contributed by atoms with van der Waals surface area (Å²) < 4.78 is 38.5. The number of aliphatic hydroxyl groups excluding tert-OH is 2. The van der Waals surface area contributed by atoms with Gasteiger partial charge in [0, 0.05) is 32.1 Å². The van der Waals surface area contributed by atoms with Gasteiger partial charge in [-0.2, -0.15) is 0 Å². The molecule has 3 aliphatic carbocycles. The number of Topliss-reactive ketones (excluding diaryl/α,β-unsaturated/α-hetero) is 1. The number of ketones is 1. The van der Waals surface area contributed by atoms with Gasteiger partial charge in [0.1, 0.15) is 41.1 Å². The van der Waals surface area contributed by atoms with E-state index in [9.17, 15) is 34.5 Å². The van der Waals surface area contributed by atoms with Gasteiger partial charge in [-0.05, 0) is 74.6 Å². The summed E-state index contributed by atoms with van der Waals surface area (Å²) in [6, 6.07) is 34.6. The normalized spacial score (nSPS) is 27.9. The maximum absolute atomic E-state index is 15.8. The Morgan fingerprint density at radius 1 is 0.797 bits per heavy atom. The Morgan fingerprint density at radius 3 is 1.84 bits per heavy atom. The van der Waals surface area contributed by atoms with Crippen molar-refractivity contribution in [2.45, 2.75) is 140 Å². The predicted octanol–water partition coefficient (Wildman–Crippen LogP) is 6.87. The van der Waals surface area contributed by atoms with Crippen LogP contribution in [0.3, 0.4) is 0 Å². The van der Waals surface area contributed by atoms with E-state index in [1.54, 1.807) is 57.4 Å². The SMILES string of the molecule is CC(=O)OC1C(=O)[C@@]2(C)[C@H]([C@H](OC(=O)c3ccccc3)[C@]3(O)C[C@@H](OC(=O)[C@@H](O)[C@H](NC(=O)OC(C)(C)C)c4cncn4C(c4ccccc4)(c4ccccc4)c4ccccc4)C(C)=C1C3(C)C)[C@]1(OC(C)=O)CO[C@@H]1C[C@@H]2O. The van der Waals surface area contributed by atoms with Crippen molar-refractivity contribution in [2.24, 2.45) is 16.7 Å². The first-order chi connectivity index (χ1) is 37.3. The standard InChI is InChI=1S/C61H67N3O15/c1-35-43(76-54(71)48(68)47(63-55(72)79-56(4,5)6)42-32-62-34-64(42)61(39-24-16-11-17-25-39,40-26-18-12-19-27-40)41-28-20-13-21-29-41)31-60(73)52(77-53(70)38-22-14-10-15-23-38)50-58(9,44(67)30-45-59(50,33-74-45)78-37(3)66)51(69)49(75-36(2)65)46(35)57(60,7)8/h10-29,32,34,43-45,47-50,52,67-68,73H,30-31,33H2,1-9H3,(H,63,72)/t43-,44+,45-,47-,48+,49?,50+,52+,58-,59+,60-/m1/s1. The third-order valence-corrected chi connectivity index (χ3v) is 16.6. The summed E-state index contributed by atoms with van der Waals surface area (Å²) in [6.45, 7) is 12.9. The fourth-order valence-corrected chi connectivity index (χ4v) is 12.9. The van der Waals surface area contributed by atoms with Gasteiger partial charge in [-0.15, -0.1) is 0 Å². The molecule has 9 rings (SSSR count). The lowest BCUT2D eigenvalue weighted by molar-refractivity contribution is -0.346. The Morgan fingerprint density at radius 2 is 1.34 bits per heavy atom. The second-order valence-electron chi connectivity index (χ2n) is 22.7. The molecule has 4 N–H and O–H groups in total. The molecule has 79 heavy (non-hydrogen) atoms. The minimum Gasteiger partial charge on any atom is -0.456 e. The van der Waals surface area contributed by atoms with Crippen LogP contribution in [0, 0.1) is 16.7 Å². The lowest BCUT2D eigenvalue weighted by atomic mass is 9.44. The molecule has 5 aromatic rings. The zero-order chi connectivity index (χ0) is 57.0. The highest BCUT2D eigenvalue weighted by Crippen LogP contribution is 2.64. The Labute approximate surface area is 458 Å². The maximum atomic E-state index is 15.8. The highest BCUT2D eigenvalue weighted by Gasteiger charge is 2.78. The number of alkyl carbamates (subject to hydrolysis) is 1. The first-order valence-electron chi connectivity index (χ1n) is 26.3. The van der Waals surface area contributed by atoms with Gasteiger partial charge in [-0.1, -0.05) is 123 Å². The van der Waals surface area contributed by atoms with Crippen LogP contribution in [0.25, 0.3) is 0 Å². The molecule has 18 heteroatoms. The van der Waals surface area contributed by atoms with Gasteiger partial charge < -0.3 is 53.6 Å². The molecule has 1 amide bonds. The van der Waals surface area contributed by atoms with Gasteiger partial charge in [0.15, 0.2) is 23.6 Å². The van der Waals surface area contributed by atoms with Crippen LogP contribution in [-0.2, 0) is 53.1 Å². The number of esters is 4. The van der Waals surface area contributed by atoms with Crippen LogP contribution < -0.4 is 5.32 Å². The number of carbonyl (C=O) groups excluding carboxylic acids is 6. The molecule has 0 spiro atoms. The molecular formula is C61H67N3O15. The molecule has 1 saturated heterocycles. The lowest BCUT2D eigenvalue weighted by Crippen LogP contribution is -2.82. The molecule has 2 heterocycles. The van der Waals surface area contributed by atoms with E-state index in [-0.39, 0.29) is 35.4 Å². The van der Waals surface area contributed by atoms with E-state index in [1.165, 1.54) is 38.5 Å². The number of nitrogens with one attached hydrogen (secondary N) is 1. The van der Waals surface area contributed by atoms with Crippen molar-refractivity contribution >= 4 is 35.8 Å². The van der Waals surface area contributed by atoms with E-state index < -0.39 is 124 Å². The molecule has 18 nitrogen and oxygen atoms in total. The van der Waals surface area contributed by atoms with Gasteiger partial charge in [0.05, 0.1) is 47.8 Å². The molecule has 4 aliphatic rings. The van der Waals surface area contributed by atoms with Gasteiger partial charge in [0.25, 0.3) is 0 Å². The number of fused-ring (bicyclic) bond motifs is 5. The minimum atomic E-state index is -2.48. The first-order valence-corrected chi connectivity index (χ1v) is 26.3. The highest BCUT2D eigenvalue weighted by molar-refractivity contribution is 5.95. The third kappa shape index (κ3) is 9.51. The molecule has 1 aromatic heterocycles. The molecule has 1 aliphatic heterocycles. The van der Waals surface area contributed by atoms with Gasteiger partial charge >= 0.3 is 30.0 Å². The van der Waals surface area contributed by atoms with Crippen molar-refractivity contribution in [1.29, 1.82) is 0 Å². The summed E-state index contributed by atoms with van der Waals surface area (Å²) in [5.74, 6) is -6.52. The second kappa shape index (κ2) is 20.9. The smallest absolute Gasteiger partial charge is 0.408 e. The molecule has 2 saturated carbocycles. The van der Waals surface area contributed by atoms with Crippen molar-refractivity contribution in [1.82, 2.24) is 14.9 Å². The Hall–Kier alpha value is -7.51. The van der Waals surface area contributed by atoms with Crippen molar-refractivity contribution in [2.75, 3.05) is 6.61 Å². The zero-order valence-corrected chi connectivity index (χ0v) is 45.6. The largest absolute Gasteiger partial charge is 0.456 e. The number of hydrogen-bond donors (Lipinski definition) is 4. The Kier molecular flexibility index (Phi) is 14.9. The topological polar surface area (TPSA) is 248 Å². The maximum Gasteiger partial charge on any atom is 0.408 e. The number of imidazole rings is 1. The predicted molar refractivity (Wildman–Crippen MR) is 284 cm³/mol. The number of ether oxygens (including phenoxy) is 6. The molecule has 11 atom stereocenters. The van der Waals surface area contributed by atoms with Crippen LogP contribution in [0.5, 0.6) is 0 Å². The van der Waals surface area contributed by atoms with Crippen molar-refractivity contribution in [3.63, 3.8) is 0 Å². The van der Waals surface area contributed by atoms with Gasteiger partial charge in [-0.25, -0.2) is 19.4 Å². The number of amides is 1. The number of benzene rings is 4. The van der Waals surface area contributed by atoms with E-state index in [0.717, 1.165) is 30.5 Å². The quantitative estimate of drug-likeness (QED) is 0.0407. The molecule has 0 radical (unpaired) electrons. The molecule has 416 valence electrons. The fraction of sp³-hybridized carbons (Fsp3) is 0.426. The van der Waals surface area contributed by atoms with Crippen LogP contribution in [0.4, 0.5) is 4.79 Å². The second-order valence-corrected chi connectivity index (χ2v) is 22.7. The van der Waals surface area contributed by atoms with Crippen LogP contribution in [0.1, 0.15) is 114 Å². The Bertz CT molecular complexity index is 3060. The highest BCUT2D eigenvalue weighted by atomic mass is 16.6. The van der Waals surface area contributed by atoms with Gasteiger partial charge in [-0.3, -0.25) is 14.4 Å². The number of aromatic nitrogens is 2. The van der Waals surface area contributed by atoms with Crippen LogP contribution in [0.15, 0.2) is 145 Å². The zero-order valence-electron chi connectivity index (χ0n) is 45.6. The monoisotopic (exact) mass is 1080 g/mol. The summed E-state index contributed by atoms with van der Waals surface area (Å²) in [5.41, 5.74) is -8.02. The number of hydrogen-bond acceptors (Lipinski definition) is 16. The third-order valence-electron chi connectivity index (χ3n) is 16.6. The molecule has 1 unspecified atom stereocenters. The summed E-state index contributed by atoms with van der Waals surface area (Å²) >= 11 is 0. The average Bonchev–Trinajstić information content (AvgIpc) is 4.04. The van der Waals surface area contributed by atoms with Crippen molar-refractivity contribution in [3.8, 4) is 0 Å². The number of nitrogens with zero attached hydrogens (tertiary/aromatic N) is 2. The molecule has 3 fully saturated rings. The minimum absolute atomic E-state index is 0.0449. The van der Waals surface area contributed by atoms with Crippen molar-refractivity contribution < 1.29 is 72.5 Å².